The maximum Gasteiger partial charge on any atom is 0.175 e. The first-order valence-corrected chi connectivity index (χ1v) is 12.4. The molecule has 0 aliphatic heterocycles. The lowest BCUT2D eigenvalue weighted by molar-refractivity contribution is 0.317. The second kappa shape index (κ2) is 9.79. The van der Waals surface area contributed by atoms with Crippen LogP contribution in [0.3, 0.4) is 0 Å². The summed E-state index contributed by atoms with van der Waals surface area (Å²) in [5, 5.41) is 13.4. The fourth-order valence-electron chi connectivity index (χ4n) is 3.91. The monoisotopic (exact) mass is 456 g/mol. The van der Waals surface area contributed by atoms with Crippen molar-refractivity contribution >= 4 is 15.5 Å². The third-order valence-corrected chi connectivity index (χ3v) is 6.73. The van der Waals surface area contributed by atoms with Gasteiger partial charge >= 0.3 is 0 Å². The highest BCUT2D eigenvalue weighted by Gasteiger charge is 2.19. The van der Waals surface area contributed by atoms with Crippen LogP contribution in [0.4, 0.5) is 0 Å². The lowest BCUT2D eigenvalue weighted by Gasteiger charge is -2.20. The first kappa shape index (κ1) is 22.4. The number of nitrogens with zero attached hydrogens (tertiary/aromatic N) is 2. The molecule has 0 spiro atoms. The molecular formula is C27H24N2O3S. The molecule has 1 unspecified atom stereocenters. The molecule has 0 aliphatic carbocycles. The van der Waals surface area contributed by atoms with Gasteiger partial charge < -0.3 is 5.21 Å². The molecule has 1 N–H and O–H groups in total. The van der Waals surface area contributed by atoms with E-state index in [1.807, 2.05) is 54.6 Å². The maximum atomic E-state index is 12.0. The zero-order valence-corrected chi connectivity index (χ0v) is 19.0. The zero-order valence-electron chi connectivity index (χ0n) is 18.2. The molecule has 33 heavy (non-hydrogen) atoms. The molecule has 0 bridgehead atoms. The van der Waals surface area contributed by atoms with Gasteiger partial charge in [-0.05, 0) is 46.5 Å². The number of hydrogen-bond donors (Lipinski definition) is 1. The second-order valence-corrected chi connectivity index (χ2v) is 9.89. The molecule has 6 heteroatoms. The fraction of sp³-hybridized carbons (Fsp3) is 0.111. The van der Waals surface area contributed by atoms with Crippen LogP contribution in [0.5, 0.6) is 0 Å². The van der Waals surface area contributed by atoms with Crippen LogP contribution in [0, 0.1) is 0 Å². The van der Waals surface area contributed by atoms with Crippen LogP contribution in [0.25, 0.3) is 11.1 Å². The molecule has 0 aliphatic rings. The first-order chi connectivity index (χ1) is 16.0. The lowest BCUT2D eigenvalue weighted by atomic mass is 9.84. The van der Waals surface area contributed by atoms with Gasteiger partial charge in [0.05, 0.1) is 10.6 Å². The maximum absolute atomic E-state index is 12.0. The average molecular weight is 457 g/mol. The van der Waals surface area contributed by atoms with Gasteiger partial charge in [-0.15, -0.1) is 0 Å². The van der Waals surface area contributed by atoms with Crippen LogP contribution in [0.1, 0.15) is 29.0 Å². The van der Waals surface area contributed by atoms with E-state index < -0.39 is 9.84 Å². The molecule has 4 rings (SSSR count). The second-order valence-electron chi connectivity index (χ2n) is 7.88. The summed E-state index contributed by atoms with van der Waals surface area (Å²) in [7, 11) is -3.30. The molecule has 1 heterocycles. The third-order valence-electron chi connectivity index (χ3n) is 5.62. The molecule has 0 radical (unpaired) electrons. The van der Waals surface area contributed by atoms with Gasteiger partial charge in [-0.2, -0.15) is 0 Å². The summed E-state index contributed by atoms with van der Waals surface area (Å²) in [6.45, 7) is 0. The average Bonchev–Trinajstić information content (AvgIpc) is 2.85. The van der Waals surface area contributed by atoms with E-state index in [4.69, 9.17) is 0 Å². The van der Waals surface area contributed by atoms with E-state index in [0.717, 1.165) is 27.8 Å². The molecule has 0 saturated carbocycles. The molecule has 0 amide bonds. The highest BCUT2D eigenvalue weighted by molar-refractivity contribution is 7.90. The van der Waals surface area contributed by atoms with E-state index in [-0.39, 0.29) is 10.8 Å². The SMILES string of the molecule is CS(=O)(=O)c1cccc(-c2cccc(C(CC(=NO)c3ccncc3)c3ccccc3)c2)c1. The van der Waals surface area contributed by atoms with E-state index in [9.17, 15) is 13.6 Å². The van der Waals surface area contributed by atoms with Crippen LogP contribution < -0.4 is 0 Å². The number of pyridine rings is 1. The molecule has 3 aromatic carbocycles. The Morgan fingerprint density at radius 1 is 0.848 bits per heavy atom. The molecule has 166 valence electrons. The quantitative estimate of drug-likeness (QED) is 0.225. The van der Waals surface area contributed by atoms with Crippen molar-refractivity contribution in [3.8, 4) is 11.1 Å². The summed E-state index contributed by atoms with van der Waals surface area (Å²) in [4.78, 5) is 4.34. The van der Waals surface area contributed by atoms with Crippen LogP contribution in [-0.2, 0) is 9.84 Å². The summed E-state index contributed by atoms with van der Waals surface area (Å²) >= 11 is 0. The van der Waals surface area contributed by atoms with Crippen LogP contribution in [0.15, 0.2) is 113 Å². The van der Waals surface area contributed by atoms with E-state index in [0.29, 0.717) is 12.1 Å². The van der Waals surface area contributed by atoms with Gasteiger partial charge in [-0.1, -0.05) is 71.9 Å². The van der Waals surface area contributed by atoms with Crippen molar-refractivity contribution in [3.63, 3.8) is 0 Å². The Kier molecular flexibility index (Phi) is 6.66. The molecule has 0 fully saturated rings. The largest absolute Gasteiger partial charge is 0.411 e. The molecule has 1 aromatic heterocycles. The molecule has 4 aromatic rings. The predicted molar refractivity (Wildman–Crippen MR) is 130 cm³/mol. The summed E-state index contributed by atoms with van der Waals surface area (Å²) < 4.78 is 24.0. The topological polar surface area (TPSA) is 79.6 Å². The summed E-state index contributed by atoms with van der Waals surface area (Å²) in [5.74, 6) is -0.0664. The Balaban J connectivity index is 1.76. The number of rotatable bonds is 7. The minimum Gasteiger partial charge on any atom is -0.411 e. The van der Waals surface area contributed by atoms with Crippen molar-refractivity contribution < 1.29 is 13.6 Å². The minimum absolute atomic E-state index is 0.0664. The van der Waals surface area contributed by atoms with Crippen molar-refractivity contribution in [1.29, 1.82) is 0 Å². The predicted octanol–water partition coefficient (Wildman–Crippen LogP) is 5.55. The van der Waals surface area contributed by atoms with Gasteiger partial charge in [0, 0.05) is 36.6 Å². The van der Waals surface area contributed by atoms with E-state index in [2.05, 4.69) is 28.3 Å². The number of oxime groups is 1. The van der Waals surface area contributed by atoms with E-state index in [1.165, 1.54) is 6.26 Å². The van der Waals surface area contributed by atoms with Gasteiger partial charge in [0.2, 0.25) is 0 Å². The number of benzene rings is 3. The van der Waals surface area contributed by atoms with Crippen LogP contribution in [0.2, 0.25) is 0 Å². The number of sulfone groups is 1. The molecule has 5 nitrogen and oxygen atoms in total. The number of aromatic nitrogens is 1. The Hall–Kier alpha value is -3.77. The summed E-state index contributed by atoms with van der Waals surface area (Å²) in [6.07, 6.45) is 5.04. The summed E-state index contributed by atoms with van der Waals surface area (Å²) in [5.41, 5.74) is 5.26. The fourth-order valence-corrected chi connectivity index (χ4v) is 4.58. The van der Waals surface area contributed by atoms with E-state index in [1.54, 1.807) is 30.6 Å². The smallest absolute Gasteiger partial charge is 0.175 e. The third kappa shape index (κ3) is 5.35. The van der Waals surface area contributed by atoms with Gasteiger partial charge in [-0.25, -0.2) is 8.42 Å². The van der Waals surface area contributed by atoms with Gasteiger partial charge in [0.15, 0.2) is 9.84 Å². The van der Waals surface area contributed by atoms with Crippen molar-refractivity contribution in [2.24, 2.45) is 5.16 Å². The standard InChI is InChI=1S/C27H24N2O3S/c1-33(31,32)25-12-6-10-23(18-25)22-9-5-11-24(17-22)26(20-7-3-2-4-8-20)19-27(29-30)21-13-15-28-16-14-21/h2-18,26,30H,19H2,1H3. The summed E-state index contributed by atoms with van der Waals surface area (Å²) in [6, 6.07) is 28.7. The van der Waals surface area contributed by atoms with Gasteiger partial charge in [0.25, 0.3) is 0 Å². The highest BCUT2D eigenvalue weighted by atomic mass is 32.2. The first-order valence-electron chi connectivity index (χ1n) is 10.5. The Labute approximate surface area is 194 Å². The normalized spacial score (nSPS) is 12.9. The number of hydrogen-bond acceptors (Lipinski definition) is 5. The Bertz CT molecular complexity index is 1370. The van der Waals surface area contributed by atoms with Crippen molar-refractivity contribution in [3.05, 3.63) is 120 Å². The van der Waals surface area contributed by atoms with Crippen LogP contribution >= 0.6 is 0 Å². The van der Waals surface area contributed by atoms with Crippen molar-refractivity contribution in [2.75, 3.05) is 6.26 Å². The van der Waals surface area contributed by atoms with Crippen molar-refractivity contribution in [1.82, 2.24) is 4.98 Å². The van der Waals surface area contributed by atoms with Gasteiger partial charge in [-0.3, -0.25) is 4.98 Å². The Morgan fingerprint density at radius 3 is 2.15 bits per heavy atom. The zero-order chi connectivity index (χ0) is 23.3. The van der Waals surface area contributed by atoms with Gasteiger partial charge in [0.1, 0.15) is 0 Å². The van der Waals surface area contributed by atoms with Crippen LogP contribution in [-0.4, -0.2) is 30.6 Å². The highest BCUT2D eigenvalue weighted by Crippen LogP contribution is 2.33. The van der Waals surface area contributed by atoms with Crippen molar-refractivity contribution in [2.45, 2.75) is 17.2 Å². The molecule has 0 saturated heterocycles. The molecular weight excluding hydrogens is 432 g/mol. The molecule has 1 atom stereocenters. The minimum atomic E-state index is -3.30. The lowest BCUT2D eigenvalue weighted by Crippen LogP contribution is -2.10. The Morgan fingerprint density at radius 2 is 1.48 bits per heavy atom. The van der Waals surface area contributed by atoms with E-state index >= 15 is 0 Å².